The molecule has 0 saturated heterocycles. The van der Waals surface area contributed by atoms with Gasteiger partial charge in [0.2, 0.25) is 0 Å². The van der Waals surface area contributed by atoms with Crippen LogP contribution >= 0.6 is 0 Å². The molecule has 1 fully saturated rings. The van der Waals surface area contributed by atoms with Gasteiger partial charge < -0.3 is 10.1 Å². The van der Waals surface area contributed by atoms with Gasteiger partial charge in [0.25, 0.3) is 0 Å². The summed E-state index contributed by atoms with van der Waals surface area (Å²) in [6.07, 6.45) is 6.61. The Morgan fingerprint density at radius 1 is 1.30 bits per heavy atom. The van der Waals surface area contributed by atoms with Crippen molar-refractivity contribution in [2.75, 3.05) is 6.61 Å². The molecule has 110 valence electrons. The predicted molar refractivity (Wildman–Crippen MR) is 80.6 cm³/mol. The molecule has 1 aromatic carbocycles. The maximum atomic E-state index is 12.1. The molecule has 0 aliphatic heterocycles. The number of esters is 1. The Bertz CT molecular complexity index is 399. The Morgan fingerprint density at radius 2 is 2.00 bits per heavy atom. The number of aryl methyl sites for hydroxylation is 1. The van der Waals surface area contributed by atoms with E-state index in [1.54, 1.807) is 0 Å². The number of rotatable bonds is 7. The van der Waals surface area contributed by atoms with Gasteiger partial charge >= 0.3 is 5.97 Å². The zero-order valence-electron chi connectivity index (χ0n) is 12.3. The smallest absolute Gasteiger partial charge is 0.323 e. The summed E-state index contributed by atoms with van der Waals surface area (Å²) in [5, 5.41) is 3.50. The van der Waals surface area contributed by atoms with E-state index >= 15 is 0 Å². The van der Waals surface area contributed by atoms with E-state index in [2.05, 4.69) is 17.4 Å². The zero-order valence-corrected chi connectivity index (χ0v) is 12.3. The van der Waals surface area contributed by atoms with E-state index in [-0.39, 0.29) is 12.0 Å². The van der Waals surface area contributed by atoms with Crippen LogP contribution < -0.4 is 5.32 Å². The Labute approximate surface area is 121 Å². The van der Waals surface area contributed by atoms with E-state index in [0.29, 0.717) is 12.6 Å². The van der Waals surface area contributed by atoms with Gasteiger partial charge in [0.15, 0.2) is 0 Å². The maximum Gasteiger partial charge on any atom is 0.323 e. The Balaban J connectivity index is 1.89. The molecule has 0 spiro atoms. The van der Waals surface area contributed by atoms with Gasteiger partial charge in [-0.2, -0.15) is 0 Å². The molecule has 1 unspecified atom stereocenters. The minimum Gasteiger partial charge on any atom is -0.465 e. The SMILES string of the molecule is CCOC(=O)C(CCc1ccccc1)NC1CCCC1. The van der Waals surface area contributed by atoms with Crippen LogP contribution in [0, 0.1) is 0 Å². The van der Waals surface area contributed by atoms with Gasteiger partial charge in [-0.25, -0.2) is 0 Å². The van der Waals surface area contributed by atoms with Gasteiger partial charge in [0.05, 0.1) is 6.61 Å². The molecule has 0 bridgehead atoms. The first kappa shape index (κ1) is 15.0. The number of benzene rings is 1. The van der Waals surface area contributed by atoms with Crippen molar-refractivity contribution >= 4 is 5.97 Å². The van der Waals surface area contributed by atoms with Crippen LogP contribution in [0.15, 0.2) is 30.3 Å². The molecule has 3 nitrogen and oxygen atoms in total. The van der Waals surface area contributed by atoms with Gasteiger partial charge in [0.1, 0.15) is 6.04 Å². The molecular weight excluding hydrogens is 250 g/mol. The van der Waals surface area contributed by atoms with Crippen molar-refractivity contribution in [3.8, 4) is 0 Å². The topological polar surface area (TPSA) is 38.3 Å². The molecule has 0 heterocycles. The Morgan fingerprint density at radius 3 is 2.65 bits per heavy atom. The number of carbonyl (C=O) groups excluding carboxylic acids is 1. The molecule has 0 amide bonds. The Hall–Kier alpha value is -1.35. The fourth-order valence-electron chi connectivity index (χ4n) is 2.84. The molecule has 1 aromatic rings. The summed E-state index contributed by atoms with van der Waals surface area (Å²) in [6.45, 7) is 2.31. The summed E-state index contributed by atoms with van der Waals surface area (Å²) in [6, 6.07) is 10.6. The molecule has 2 rings (SSSR count). The Kier molecular flexibility index (Phi) is 6.06. The summed E-state index contributed by atoms with van der Waals surface area (Å²) >= 11 is 0. The first-order valence-corrected chi connectivity index (χ1v) is 7.76. The largest absolute Gasteiger partial charge is 0.465 e. The predicted octanol–water partition coefficient (Wildman–Crippen LogP) is 3.08. The van der Waals surface area contributed by atoms with E-state index in [1.807, 2.05) is 25.1 Å². The van der Waals surface area contributed by atoms with Crippen LogP contribution in [-0.2, 0) is 16.0 Å². The number of hydrogen-bond acceptors (Lipinski definition) is 3. The first-order chi connectivity index (χ1) is 9.79. The highest BCUT2D eigenvalue weighted by atomic mass is 16.5. The molecule has 1 N–H and O–H groups in total. The highest BCUT2D eigenvalue weighted by Crippen LogP contribution is 2.19. The monoisotopic (exact) mass is 275 g/mol. The van der Waals surface area contributed by atoms with E-state index in [9.17, 15) is 4.79 Å². The molecule has 1 saturated carbocycles. The van der Waals surface area contributed by atoms with Crippen molar-refractivity contribution in [1.82, 2.24) is 5.32 Å². The second-order valence-electron chi connectivity index (χ2n) is 5.48. The van der Waals surface area contributed by atoms with E-state index in [0.717, 1.165) is 12.8 Å². The van der Waals surface area contributed by atoms with Crippen molar-refractivity contribution < 1.29 is 9.53 Å². The highest BCUT2D eigenvalue weighted by molar-refractivity contribution is 5.75. The van der Waals surface area contributed by atoms with Crippen LogP contribution in [0.5, 0.6) is 0 Å². The second kappa shape index (κ2) is 8.05. The van der Waals surface area contributed by atoms with Crippen LogP contribution in [0.1, 0.15) is 44.6 Å². The molecule has 1 aliphatic rings. The quantitative estimate of drug-likeness (QED) is 0.777. The minimum atomic E-state index is -0.168. The van der Waals surface area contributed by atoms with E-state index < -0.39 is 0 Å². The van der Waals surface area contributed by atoms with Gasteiger partial charge in [-0.1, -0.05) is 43.2 Å². The number of carbonyl (C=O) groups is 1. The van der Waals surface area contributed by atoms with Crippen molar-refractivity contribution in [2.24, 2.45) is 0 Å². The van der Waals surface area contributed by atoms with E-state index in [1.165, 1.54) is 31.2 Å². The third-order valence-electron chi connectivity index (χ3n) is 3.93. The van der Waals surface area contributed by atoms with Gasteiger partial charge in [-0.3, -0.25) is 4.79 Å². The summed E-state index contributed by atoms with van der Waals surface area (Å²) in [5.41, 5.74) is 1.27. The lowest BCUT2D eigenvalue weighted by Gasteiger charge is -2.21. The van der Waals surface area contributed by atoms with E-state index in [4.69, 9.17) is 4.74 Å². The molecular formula is C17H25NO2. The lowest BCUT2D eigenvalue weighted by Crippen LogP contribution is -2.43. The molecule has 3 heteroatoms. The third kappa shape index (κ3) is 4.64. The second-order valence-corrected chi connectivity index (χ2v) is 5.48. The average Bonchev–Trinajstić information content (AvgIpc) is 2.97. The fourth-order valence-corrected chi connectivity index (χ4v) is 2.84. The van der Waals surface area contributed by atoms with Crippen LogP contribution in [0.4, 0.5) is 0 Å². The first-order valence-electron chi connectivity index (χ1n) is 7.76. The maximum absolute atomic E-state index is 12.1. The summed E-state index contributed by atoms with van der Waals surface area (Å²) < 4.78 is 5.20. The summed E-state index contributed by atoms with van der Waals surface area (Å²) in [7, 11) is 0. The number of ether oxygens (including phenoxy) is 1. The number of nitrogens with one attached hydrogen (secondary N) is 1. The zero-order chi connectivity index (χ0) is 14.2. The van der Waals surface area contributed by atoms with Gasteiger partial charge in [-0.05, 0) is 38.2 Å². The summed E-state index contributed by atoms with van der Waals surface area (Å²) in [5.74, 6) is -0.102. The fraction of sp³-hybridized carbons (Fsp3) is 0.588. The van der Waals surface area contributed by atoms with Gasteiger partial charge in [-0.15, -0.1) is 0 Å². The average molecular weight is 275 g/mol. The summed E-state index contributed by atoms with van der Waals surface area (Å²) in [4.78, 5) is 12.1. The van der Waals surface area contributed by atoms with Crippen LogP contribution in [0.25, 0.3) is 0 Å². The van der Waals surface area contributed by atoms with Crippen LogP contribution in [0.2, 0.25) is 0 Å². The van der Waals surface area contributed by atoms with Gasteiger partial charge in [0, 0.05) is 6.04 Å². The molecule has 20 heavy (non-hydrogen) atoms. The third-order valence-corrected chi connectivity index (χ3v) is 3.93. The number of hydrogen-bond donors (Lipinski definition) is 1. The minimum absolute atomic E-state index is 0.102. The lowest BCUT2D eigenvalue weighted by atomic mass is 10.0. The van der Waals surface area contributed by atoms with Crippen molar-refractivity contribution in [2.45, 2.75) is 57.5 Å². The molecule has 1 aliphatic carbocycles. The molecule has 1 atom stereocenters. The standard InChI is InChI=1S/C17H25NO2/c1-2-20-17(19)16(18-15-10-6-7-11-15)13-12-14-8-4-3-5-9-14/h3-5,8-9,15-16,18H,2,6-7,10-13H2,1H3. The lowest BCUT2D eigenvalue weighted by molar-refractivity contribution is -0.146. The van der Waals surface area contributed by atoms with Crippen molar-refractivity contribution in [3.63, 3.8) is 0 Å². The van der Waals surface area contributed by atoms with Crippen LogP contribution in [0.3, 0.4) is 0 Å². The van der Waals surface area contributed by atoms with Crippen molar-refractivity contribution in [1.29, 1.82) is 0 Å². The molecule has 0 radical (unpaired) electrons. The van der Waals surface area contributed by atoms with Crippen LogP contribution in [-0.4, -0.2) is 24.7 Å². The van der Waals surface area contributed by atoms with Crippen molar-refractivity contribution in [3.05, 3.63) is 35.9 Å². The molecule has 0 aromatic heterocycles. The normalized spacial score (nSPS) is 17.1. The highest BCUT2D eigenvalue weighted by Gasteiger charge is 2.24.